The van der Waals surface area contributed by atoms with Crippen molar-refractivity contribution in [2.75, 3.05) is 19.6 Å². The molecular weight excluding hydrogens is 262 g/mol. The maximum atomic E-state index is 10.7. The topological polar surface area (TPSA) is 40.5 Å². The van der Waals surface area contributed by atoms with Crippen molar-refractivity contribution in [1.82, 2.24) is 4.90 Å². The van der Waals surface area contributed by atoms with Crippen molar-refractivity contribution in [2.45, 2.75) is 45.4 Å². The lowest BCUT2D eigenvalue weighted by Gasteiger charge is -2.32. The second-order valence-corrected chi connectivity index (χ2v) is 6.27. The van der Waals surface area contributed by atoms with Gasteiger partial charge in [0, 0.05) is 13.0 Å². The maximum Gasteiger partial charge on any atom is 0.303 e. The first-order valence-electron chi connectivity index (χ1n) is 8.14. The molecule has 0 bridgehead atoms. The Balaban J connectivity index is 1.70. The molecule has 0 aromatic heterocycles. The number of nitrogens with zero attached hydrogens (tertiary/aromatic N) is 1. The Morgan fingerprint density at radius 2 is 2.19 bits per heavy atom. The van der Waals surface area contributed by atoms with Gasteiger partial charge in [-0.15, -0.1) is 0 Å². The number of likely N-dealkylation sites (tertiary alicyclic amines) is 1. The molecule has 1 unspecified atom stereocenters. The predicted molar refractivity (Wildman–Crippen MR) is 85.5 cm³/mol. The number of aliphatic carboxylic acids is 1. The van der Waals surface area contributed by atoms with E-state index in [9.17, 15) is 4.79 Å². The Bertz CT molecular complexity index is 458. The molecule has 0 aliphatic carbocycles. The quantitative estimate of drug-likeness (QED) is 0.835. The summed E-state index contributed by atoms with van der Waals surface area (Å²) < 4.78 is 0. The number of carboxylic acids is 1. The monoisotopic (exact) mass is 289 g/mol. The Labute approximate surface area is 128 Å². The third-order valence-electron chi connectivity index (χ3n) is 4.55. The standard InChI is InChI=1S/C18H27NO2/c1-15-6-2-3-8-17(15)9-5-13-19-12-4-7-16(14-19)10-11-18(20)21/h2-3,6,8,16H,4-5,7,9-14H2,1H3,(H,20,21). The predicted octanol–water partition coefficient (Wildman–Crippen LogP) is 3.50. The summed E-state index contributed by atoms with van der Waals surface area (Å²) in [7, 11) is 0. The zero-order valence-electron chi connectivity index (χ0n) is 13.1. The van der Waals surface area contributed by atoms with E-state index in [1.54, 1.807) is 0 Å². The molecule has 0 saturated carbocycles. The molecule has 3 heteroatoms. The minimum Gasteiger partial charge on any atom is -0.481 e. The highest BCUT2D eigenvalue weighted by Gasteiger charge is 2.20. The Kier molecular flexibility index (Phi) is 6.24. The number of benzene rings is 1. The van der Waals surface area contributed by atoms with E-state index in [0.717, 1.165) is 25.9 Å². The summed E-state index contributed by atoms with van der Waals surface area (Å²) in [5.74, 6) is -0.0833. The molecule has 21 heavy (non-hydrogen) atoms. The van der Waals surface area contributed by atoms with E-state index < -0.39 is 5.97 Å². The van der Waals surface area contributed by atoms with Gasteiger partial charge in [-0.2, -0.15) is 0 Å². The molecule has 2 rings (SSSR count). The van der Waals surface area contributed by atoms with Crippen LogP contribution in [0.3, 0.4) is 0 Å². The molecule has 0 spiro atoms. The second kappa shape index (κ2) is 8.18. The van der Waals surface area contributed by atoms with Crippen LogP contribution in [-0.4, -0.2) is 35.6 Å². The minimum atomic E-state index is -0.660. The van der Waals surface area contributed by atoms with E-state index in [1.165, 1.54) is 36.9 Å². The lowest BCUT2D eigenvalue weighted by atomic mass is 9.93. The lowest BCUT2D eigenvalue weighted by Crippen LogP contribution is -2.36. The van der Waals surface area contributed by atoms with Crippen molar-refractivity contribution in [3.8, 4) is 0 Å². The summed E-state index contributed by atoms with van der Waals surface area (Å²) in [5.41, 5.74) is 2.84. The van der Waals surface area contributed by atoms with Gasteiger partial charge in [0.05, 0.1) is 0 Å². The normalized spacial score (nSPS) is 19.6. The average Bonchev–Trinajstić information content (AvgIpc) is 2.48. The number of rotatable bonds is 7. The maximum absolute atomic E-state index is 10.7. The molecule has 1 heterocycles. The fraction of sp³-hybridized carbons (Fsp3) is 0.611. The molecule has 1 saturated heterocycles. The van der Waals surface area contributed by atoms with E-state index in [0.29, 0.717) is 12.3 Å². The minimum absolute atomic E-state index is 0.321. The zero-order valence-corrected chi connectivity index (χ0v) is 13.1. The van der Waals surface area contributed by atoms with Crippen molar-refractivity contribution < 1.29 is 9.90 Å². The Hall–Kier alpha value is -1.35. The van der Waals surface area contributed by atoms with Crippen LogP contribution < -0.4 is 0 Å². The van der Waals surface area contributed by atoms with E-state index in [1.807, 2.05) is 0 Å². The molecule has 1 aliphatic rings. The Morgan fingerprint density at radius 1 is 1.38 bits per heavy atom. The highest BCUT2D eigenvalue weighted by atomic mass is 16.4. The molecule has 1 aliphatic heterocycles. The molecule has 0 radical (unpaired) electrons. The van der Waals surface area contributed by atoms with E-state index in [2.05, 4.69) is 36.1 Å². The molecule has 3 nitrogen and oxygen atoms in total. The molecule has 1 aromatic rings. The summed E-state index contributed by atoms with van der Waals surface area (Å²) in [4.78, 5) is 13.2. The first-order chi connectivity index (χ1) is 10.1. The van der Waals surface area contributed by atoms with Gasteiger partial charge >= 0.3 is 5.97 Å². The van der Waals surface area contributed by atoms with Crippen LogP contribution in [0.15, 0.2) is 24.3 Å². The first kappa shape index (κ1) is 16.0. The summed E-state index contributed by atoms with van der Waals surface area (Å²) in [6, 6.07) is 8.61. The van der Waals surface area contributed by atoms with Crippen LogP contribution >= 0.6 is 0 Å². The number of hydrogen-bond donors (Lipinski definition) is 1. The third-order valence-corrected chi connectivity index (χ3v) is 4.55. The van der Waals surface area contributed by atoms with E-state index in [4.69, 9.17) is 5.11 Å². The van der Waals surface area contributed by atoms with Crippen LogP contribution in [0.4, 0.5) is 0 Å². The van der Waals surface area contributed by atoms with Gasteiger partial charge in [-0.05, 0) is 69.2 Å². The fourth-order valence-corrected chi connectivity index (χ4v) is 3.30. The third kappa shape index (κ3) is 5.50. The number of hydrogen-bond acceptors (Lipinski definition) is 2. The summed E-state index contributed by atoms with van der Waals surface area (Å²) in [5, 5.41) is 8.79. The van der Waals surface area contributed by atoms with Crippen LogP contribution in [0, 0.1) is 12.8 Å². The van der Waals surface area contributed by atoms with Crippen molar-refractivity contribution in [3.05, 3.63) is 35.4 Å². The van der Waals surface area contributed by atoms with Crippen LogP contribution in [0.2, 0.25) is 0 Å². The van der Waals surface area contributed by atoms with Gasteiger partial charge in [-0.3, -0.25) is 4.79 Å². The van der Waals surface area contributed by atoms with Gasteiger partial charge in [0.2, 0.25) is 0 Å². The van der Waals surface area contributed by atoms with Crippen molar-refractivity contribution >= 4 is 5.97 Å². The van der Waals surface area contributed by atoms with Crippen molar-refractivity contribution in [3.63, 3.8) is 0 Å². The highest BCUT2D eigenvalue weighted by molar-refractivity contribution is 5.66. The lowest BCUT2D eigenvalue weighted by molar-refractivity contribution is -0.137. The molecule has 1 N–H and O–H groups in total. The largest absolute Gasteiger partial charge is 0.481 e. The molecular formula is C18H27NO2. The van der Waals surface area contributed by atoms with Gasteiger partial charge < -0.3 is 10.0 Å². The van der Waals surface area contributed by atoms with Gasteiger partial charge in [-0.1, -0.05) is 24.3 Å². The van der Waals surface area contributed by atoms with Crippen LogP contribution in [0.5, 0.6) is 0 Å². The van der Waals surface area contributed by atoms with Crippen LogP contribution in [-0.2, 0) is 11.2 Å². The van der Waals surface area contributed by atoms with Gasteiger partial charge in [0.25, 0.3) is 0 Å². The molecule has 0 amide bonds. The van der Waals surface area contributed by atoms with Crippen molar-refractivity contribution in [1.29, 1.82) is 0 Å². The summed E-state index contributed by atoms with van der Waals surface area (Å²) >= 11 is 0. The Morgan fingerprint density at radius 3 is 2.95 bits per heavy atom. The summed E-state index contributed by atoms with van der Waals surface area (Å²) in [6.45, 7) is 5.58. The smallest absolute Gasteiger partial charge is 0.303 e. The average molecular weight is 289 g/mol. The van der Waals surface area contributed by atoms with E-state index in [-0.39, 0.29) is 0 Å². The number of carbonyl (C=O) groups is 1. The number of piperidine rings is 1. The van der Waals surface area contributed by atoms with Crippen LogP contribution in [0.25, 0.3) is 0 Å². The van der Waals surface area contributed by atoms with E-state index >= 15 is 0 Å². The SMILES string of the molecule is Cc1ccccc1CCCN1CCCC(CCC(=O)O)C1. The molecule has 1 fully saturated rings. The van der Waals surface area contributed by atoms with Gasteiger partial charge in [-0.25, -0.2) is 0 Å². The molecule has 1 aromatic carbocycles. The zero-order chi connectivity index (χ0) is 15.1. The van der Waals surface area contributed by atoms with Gasteiger partial charge in [0.1, 0.15) is 0 Å². The number of carboxylic acid groups (broad SMARTS) is 1. The van der Waals surface area contributed by atoms with Crippen molar-refractivity contribution in [2.24, 2.45) is 5.92 Å². The number of aryl methyl sites for hydroxylation is 2. The first-order valence-corrected chi connectivity index (χ1v) is 8.14. The van der Waals surface area contributed by atoms with Gasteiger partial charge in [0.15, 0.2) is 0 Å². The van der Waals surface area contributed by atoms with Crippen LogP contribution in [0.1, 0.15) is 43.2 Å². The molecule has 1 atom stereocenters. The fourth-order valence-electron chi connectivity index (χ4n) is 3.30. The second-order valence-electron chi connectivity index (χ2n) is 6.27. The summed E-state index contributed by atoms with van der Waals surface area (Å²) in [6.07, 6.45) is 5.90. The highest BCUT2D eigenvalue weighted by Crippen LogP contribution is 2.21. The molecule has 116 valence electrons.